The number of halogens is 1. The second-order valence-corrected chi connectivity index (χ2v) is 8.35. The molecule has 3 rings (SSSR count). The summed E-state index contributed by atoms with van der Waals surface area (Å²) in [6.45, 7) is 7.75. The zero-order chi connectivity index (χ0) is 22.5. The molecule has 0 N–H and O–H groups in total. The van der Waals surface area contributed by atoms with Gasteiger partial charge in [0.1, 0.15) is 11.5 Å². The maximum absolute atomic E-state index is 12.9. The van der Waals surface area contributed by atoms with Crippen molar-refractivity contribution in [3.63, 3.8) is 0 Å². The molecule has 31 heavy (non-hydrogen) atoms. The van der Waals surface area contributed by atoms with Crippen LogP contribution in [0.4, 0.5) is 0 Å². The number of hydrogen-bond acceptors (Lipinski definition) is 4. The number of methoxy groups -OCH3 is 1. The maximum atomic E-state index is 12.9. The number of carbonyl (C=O) groups excluding carboxylic acids is 2. The zero-order valence-electron chi connectivity index (χ0n) is 18.4. The summed E-state index contributed by atoms with van der Waals surface area (Å²) >= 11 is 6.06. The van der Waals surface area contributed by atoms with Crippen LogP contribution in [0.2, 0.25) is 5.02 Å². The van der Waals surface area contributed by atoms with E-state index in [1.54, 1.807) is 34.9 Å². The lowest BCUT2D eigenvalue weighted by molar-refractivity contribution is -0.139. The first-order valence-corrected chi connectivity index (χ1v) is 10.9. The van der Waals surface area contributed by atoms with Crippen molar-refractivity contribution < 1.29 is 19.1 Å². The van der Waals surface area contributed by atoms with Crippen LogP contribution >= 0.6 is 11.6 Å². The molecule has 1 atom stereocenters. The molecule has 0 saturated carbocycles. The molecule has 1 saturated heterocycles. The van der Waals surface area contributed by atoms with Gasteiger partial charge in [-0.25, -0.2) is 0 Å². The molecular formula is C24H29ClN2O4. The Balaban J connectivity index is 1.61. The highest BCUT2D eigenvalue weighted by molar-refractivity contribution is 6.31. The van der Waals surface area contributed by atoms with Gasteiger partial charge >= 0.3 is 0 Å². The SMILES string of the molecule is COc1ccc(Cl)cc1C(=O)N1CCN(C(=O)C(C)Oc2ccccc2C(C)C)CC1. The van der Waals surface area contributed by atoms with Gasteiger partial charge in [0.25, 0.3) is 11.8 Å². The summed E-state index contributed by atoms with van der Waals surface area (Å²) in [6.07, 6.45) is -0.602. The second kappa shape index (κ2) is 10.1. The number of benzene rings is 2. The highest BCUT2D eigenvalue weighted by Gasteiger charge is 2.29. The fourth-order valence-electron chi connectivity index (χ4n) is 3.71. The van der Waals surface area contributed by atoms with Crippen LogP contribution in [0.3, 0.4) is 0 Å². The molecule has 1 aliphatic rings. The van der Waals surface area contributed by atoms with Gasteiger partial charge in [-0.2, -0.15) is 0 Å². The molecule has 0 aliphatic carbocycles. The van der Waals surface area contributed by atoms with Crippen LogP contribution < -0.4 is 9.47 Å². The van der Waals surface area contributed by atoms with Crippen LogP contribution in [0.25, 0.3) is 0 Å². The molecule has 1 fully saturated rings. The van der Waals surface area contributed by atoms with Crippen LogP contribution in [0.15, 0.2) is 42.5 Å². The lowest BCUT2D eigenvalue weighted by Crippen LogP contribution is -2.53. The molecule has 7 heteroatoms. The fourth-order valence-corrected chi connectivity index (χ4v) is 3.88. The minimum absolute atomic E-state index is 0.0778. The Bertz CT molecular complexity index is 939. The first-order valence-electron chi connectivity index (χ1n) is 10.5. The minimum Gasteiger partial charge on any atom is -0.496 e. The smallest absolute Gasteiger partial charge is 0.263 e. The van der Waals surface area contributed by atoms with E-state index in [1.165, 1.54) is 7.11 Å². The van der Waals surface area contributed by atoms with Crippen molar-refractivity contribution in [2.24, 2.45) is 0 Å². The number of carbonyl (C=O) groups is 2. The summed E-state index contributed by atoms with van der Waals surface area (Å²) < 4.78 is 11.3. The van der Waals surface area contributed by atoms with Gasteiger partial charge in [-0.05, 0) is 42.7 Å². The van der Waals surface area contributed by atoms with E-state index < -0.39 is 6.10 Å². The highest BCUT2D eigenvalue weighted by Crippen LogP contribution is 2.27. The number of nitrogens with zero attached hydrogens (tertiary/aromatic N) is 2. The molecule has 2 amide bonds. The maximum Gasteiger partial charge on any atom is 0.263 e. The number of ether oxygens (including phenoxy) is 2. The van der Waals surface area contributed by atoms with Gasteiger partial charge in [0.15, 0.2) is 6.10 Å². The van der Waals surface area contributed by atoms with Crippen molar-refractivity contribution in [2.45, 2.75) is 32.8 Å². The van der Waals surface area contributed by atoms with Crippen LogP contribution in [0.5, 0.6) is 11.5 Å². The Kier molecular flexibility index (Phi) is 7.44. The summed E-state index contributed by atoms with van der Waals surface area (Å²) in [7, 11) is 1.52. The van der Waals surface area contributed by atoms with E-state index in [4.69, 9.17) is 21.1 Å². The predicted octanol–water partition coefficient (Wildman–Crippen LogP) is 4.22. The Labute approximate surface area is 188 Å². The first-order chi connectivity index (χ1) is 14.8. The molecule has 0 radical (unpaired) electrons. The fraction of sp³-hybridized carbons (Fsp3) is 0.417. The summed E-state index contributed by atoms with van der Waals surface area (Å²) in [4.78, 5) is 29.4. The molecule has 0 bridgehead atoms. The Morgan fingerprint density at radius 3 is 2.23 bits per heavy atom. The van der Waals surface area contributed by atoms with Gasteiger partial charge < -0.3 is 19.3 Å². The van der Waals surface area contributed by atoms with Gasteiger partial charge in [-0.3, -0.25) is 9.59 Å². The molecule has 1 unspecified atom stereocenters. The van der Waals surface area contributed by atoms with Crippen LogP contribution in [0, 0.1) is 0 Å². The average Bonchev–Trinajstić information content (AvgIpc) is 2.78. The van der Waals surface area contributed by atoms with Gasteiger partial charge in [0.2, 0.25) is 0 Å². The first kappa shape index (κ1) is 22.9. The molecule has 0 aromatic heterocycles. The van der Waals surface area contributed by atoms with E-state index in [2.05, 4.69) is 13.8 Å². The second-order valence-electron chi connectivity index (χ2n) is 7.91. The molecule has 166 valence electrons. The number of amides is 2. The lowest BCUT2D eigenvalue weighted by Gasteiger charge is -2.36. The molecule has 1 heterocycles. The Morgan fingerprint density at radius 2 is 1.58 bits per heavy atom. The Morgan fingerprint density at radius 1 is 0.935 bits per heavy atom. The van der Waals surface area contributed by atoms with E-state index in [1.807, 2.05) is 24.3 Å². The van der Waals surface area contributed by atoms with Gasteiger partial charge in [0, 0.05) is 31.2 Å². The summed E-state index contributed by atoms with van der Waals surface area (Å²) in [5.74, 6) is 1.29. The minimum atomic E-state index is -0.602. The quantitative estimate of drug-likeness (QED) is 0.669. The standard InChI is InChI=1S/C24H29ClN2O4/c1-16(2)19-7-5-6-8-22(19)31-17(3)23(28)26-11-13-27(14-12-26)24(29)20-15-18(25)9-10-21(20)30-4/h5-10,15-17H,11-14H2,1-4H3. The van der Waals surface area contributed by atoms with E-state index in [0.29, 0.717) is 48.4 Å². The number of hydrogen-bond donors (Lipinski definition) is 0. The van der Waals surface area contributed by atoms with Crippen molar-refractivity contribution in [1.29, 1.82) is 0 Å². The summed E-state index contributed by atoms with van der Waals surface area (Å²) in [5, 5.41) is 0.477. The van der Waals surface area contributed by atoms with Crippen LogP contribution in [-0.4, -0.2) is 61.0 Å². The van der Waals surface area contributed by atoms with E-state index in [-0.39, 0.29) is 11.8 Å². The molecule has 2 aromatic carbocycles. The van der Waals surface area contributed by atoms with Gasteiger partial charge in [0.05, 0.1) is 12.7 Å². The topological polar surface area (TPSA) is 59.1 Å². The molecule has 2 aromatic rings. The van der Waals surface area contributed by atoms with Crippen molar-refractivity contribution in [3.8, 4) is 11.5 Å². The van der Waals surface area contributed by atoms with Crippen LogP contribution in [-0.2, 0) is 4.79 Å². The predicted molar refractivity (Wildman–Crippen MR) is 121 cm³/mol. The molecule has 0 spiro atoms. The Hall–Kier alpha value is -2.73. The third-order valence-corrected chi connectivity index (χ3v) is 5.70. The third kappa shape index (κ3) is 5.31. The van der Waals surface area contributed by atoms with Crippen molar-refractivity contribution in [1.82, 2.24) is 9.80 Å². The summed E-state index contributed by atoms with van der Waals surface area (Å²) in [5.41, 5.74) is 1.50. The monoisotopic (exact) mass is 444 g/mol. The molecule has 6 nitrogen and oxygen atoms in total. The normalized spacial score (nSPS) is 15.0. The highest BCUT2D eigenvalue weighted by atomic mass is 35.5. The van der Waals surface area contributed by atoms with E-state index >= 15 is 0 Å². The third-order valence-electron chi connectivity index (χ3n) is 5.46. The summed E-state index contributed by atoms with van der Waals surface area (Å²) in [6, 6.07) is 12.8. The average molecular weight is 445 g/mol. The number of para-hydroxylation sites is 1. The number of rotatable bonds is 6. The molecule has 1 aliphatic heterocycles. The molecular weight excluding hydrogens is 416 g/mol. The van der Waals surface area contributed by atoms with E-state index in [9.17, 15) is 9.59 Å². The number of piperazine rings is 1. The van der Waals surface area contributed by atoms with Crippen LogP contribution in [0.1, 0.15) is 42.6 Å². The van der Waals surface area contributed by atoms with Crippen molar-refractivity contribution in [2.75, 3.05) is 33.3 Å². The largest absolute Gasteiger partial charge is 0.496 e. The zero-order valence-corrected chi connectivity index (χ0v) is 19.2. The lowest BCUT2D eigenvalue weighted by atomic mass is 10.0. The van der Waals surface area contributed by atoms with Gasteiger partial charge in [-0.1, -0.05) is 43.6 Å². The van der Waals surface area contributed by atoms with Gasteiger partial charge in [-0.15, -0.1) is 0 Å². The van der Waals surface area contributed by atoms with E-state index in [0.717, 1.165) is 11.3 Å². The van der Waals surface area contributed by atoms with Crippen molar-refractivity contribution in [3.05, 3.63) is 58.6 Å². The van der Waals surface area contributed by atoms with Crippen molar-refractivity contribution >= 4 is 23.4 Å².